The van der Waals surface area contributed by atoms with E-state index in [1.807, 2.05) is 0 Å². The number of benzene rings is 1. The molecule has 20 heavy (non-hydrogen) atoms. The Morgan fingerprint density at radius 2 is 1.70 bits per heavy atom. The molecule has 0 saturated carbocycles. The van der Waals surface area contributed by atoms with E-state index in [1.54, 1.807) is 7.11 Å². The molecule has 0 aliphatic carbocycles. The van der Waals surface area contributed by atoms with E-state index < -0.39 is 0 Å². The lowest BCUT2D eigenvalue weighted by Gasteiger charge is -2.25. The quantitative estimate of drug-likeness (QED) is 0.656. The first kappa shape index (κ1) is 17.1. The first-order chi connectivity index (χ1) is 9.24. The highest BCUT2D eigenvalue weighted by Crippen LogP contribution is 2.31. The van der Waals surface area contributed by atoms with Crippen LogP contribution in [0.4, 0.5) is 0 Å². The Bertz CT molecular complexity index is 412. The van der Waals surface area contributed by atoms with Gasteiger partial charge >= 0.3 is 0 Å². The van der Waals surface area contributed by atoms with Crippen LogP contribution in [0.25, 0.3) is 0 Å². The van der Waals surface area contributed by atoms with Gasteiger partial charge in [0.2, 0.25) is 0 Å². The van der Waals surface area contributed by atoms with Crippen molar-refractivity contribution in [2.24, 2.45) is 11.8 Å². The van der Waals surface area contributed by atoms with Gasteiger partial charge in [-0.25, -0.2) is 0 Å². The second kappa shape index (κ2) is 7.15. The molecule has 1 atom stereocenters. The molecule has 0 spiro atoms. The molecular weight excluding hydrogens is 244 g/mol. The fourth-order valence-corrected chi connectivity index (χ4v) is 2.65. The molecule has 0 fully saturated rings. The molecule has 0 bridgehead atoms. The number of hydrogen-bond donors (Lipinski definition) is 0. The summed E-state index contributed by atoms with van der Waals surface area (Å²) in [4.78, 5) is 0. The lowest BCUT2D eigenvalue weighted by molar-refractivity contribution is 0.411. The van der Waals surface area contributed by atoms with Crippen LogP contribution in [0.2, 0.25) is 0 Å². The molecule has 1 nitrogen and oxygen atoms in total. The van der Waals surface area contributed by atoms with Gasteiger partial charge in [-0.1, -0.05) is 60.5 Å². The minimum atomic E-state index is 0.168. The van der Waals surface area contributed by atoms with Crippen LogP contribution < -0.4 is 4.74 Å². The Kier molecular flexibility index (Phi) is 6.10. The van der Waals surface area contributed by atoms with Gasteiger partial charge in [-0.2, -0.15) is 0 Å². The van der Waals surface area contributed by atoms with Gasteiger partial charge in [0, 0.05) is 0 Å². The SMILES string of the molecule is COc1ccc(CC(C)CCC(C)C)c(C(C)(C)C)c1. The summed E-state index contributed by atoms with van der Waals surface area (Å²) in [5, 5.41) is 0. The van der Waals surface area contributed by atoms with Crippen molar-refractivity contribution in [3.05, 3.63) is 29.3 Å². The second-order valence-electron chi connectivity index (χ2n) is 7.55. The Labute approximate surface area is 125 Å². The van der Waals surface area contributed by atoms with Crippen LogP contribution in [0.15, 0.2) is 18.2 Å². The molecule has 1 aromatic rings. The van der Waals surface area contributed by atoms with Gasteiger partial charge in [-0.3, -0.25) is 0 Å². The van der Waals surface area contributed by atoms with Crippen LogP contribution in [0, 0.1) is 11.8 Å². The molecule has 1 rings (SSSR count). The van der Waals surface area contributed by atoms with Gasteiger partial charge in [0.25, 0.3) is 0 Å². The van der Waals surface area contributed by atoms with Gasteiger partial charge < -0.3 is 4.74 Å². The summed E-state index contributed by atoms with van der Waals surface area (Å²) in [6, 6.07) is 6.57. The molecule has 0 aliphatic heterocycles. The van der Waals surface area contributed by atoms with Gasteiger partial charge in [0.1, 0.15) is 5.75 Å². The Hall–Kier alpha value is -0.980. The zero-order chi connectivity index (χ0) is 15.3. The van der Waals surface area contributed by atoms with Gasteiger partial charge in [-0.05, 0) is 46.9 Å². The van der Waals surface area contributed by atoms with Crippen LogP contribution in [0.3, 0.4) is 0 Å². The van der Waals surface area contributed by atoms with Crippen molar-refractivity contribution in [2.75, 3.05) is 7.11 Å². The average Bonchev–Trinajstić information content (AvgIpc) is 2.35. The minimum absolute atomic E-state index is 0.168. The fourth-order valence-electron chi connectivity index (χ4n) is 2.65. The normalized spacial score (nSPS) is 13.6. The molecule has 114 valence electrons. The maximum Gasteiger partial charge on any atom is 0.119 e. The number of methoxy groups -OCH3 is 1. The van der Waals surface area contributed by atoms with E-state index in [2.05, 4.69) is 59.7 Å². The summed E-state index contributed by atoms with van der Waals surface area (Å²) >= 11 is 0. The molecule has 0 radical (unpaired) electrons. The van der Waals surface area contributed by atoms with Crippen molar-refractivity contribution < 1.29 is 4.74 Å². The molecule has 0 heterocycles. The molecule has 0 aliphatic rings. The van der Waals surface area contributed by atoms with Crippen molar-refractivity contribution >= 4 is 0 Å². The highest BCUT2D eigenvalue weighted by molar-refractivity contribution is 5.40. The first-order valence-electron chi connectivity index (χ1n) is 7.91. The third kappa shape index (κ3) is 5.19. The molecule has 1 aromatic carbocycles. The lowest BCUT2D eigenvalue weighted by atomic mass is 9.80. The molecule has 1 heteroatoms. The largest absolute Gasteiger partial charge is 0.497 e. The standard InChI is InChI=1S/C19H32O/c1-14(2)8-9-15(3)12-16-10-11-17(20-7)13-18(16)19(4,5)6/h10-11,13-15H,8-9,12H2,1-7H3. The van der Waals surface area contributed by atoms with E-state index in [0.29, 0.717) is 0 Å². The fraction of sp³-hybridized carbons (Fsp3) is 0.684. The van der Waals surface area contributed by atoms with Crippen LogP contribution in [-0.4, -0.2) is 7.11 Å². The van der Waals surface area contributed by atoms with E-state index in [0.717, 1.165) is 17.6 Å². The predicted molar refractivity (Wildman–Crippen MR) is 88.6 cm³/mol. The summed E-state index contributed by atoms with van der Waals surface area (Å²) in [6.45, 7) is 13.8. The van der Waals surface area contributed by atoms with Crippen molar-refractivity contribution in [1.82, 2.24) is 0 Å². The van der Waals surface area contributed by atoms with Gasteiger partial charge in [0.05, 0.1) is 7.11 Å². The number of hydrogen-bond acceptors (Lipinski definition) is 1. The zero-order valence-corrected chi connectivity index (χ0v) is 14.4. The first-order valence-corrected chi connectivity index (χ1v) is 7.91. The molecule has 0 amide bonds. The summed E-state index contributed by atoms with van der Waals surface area (Å²) in [5.41, 5.74) is 3.07. The summed E-state index contributed by atoms with van der Waals surface area (Å²) in [7, 11) is 1.74. The van der Waals surface area contributed by atoms with Gasteiger partial charge in [0.15, 0.2) is 0 Å². The van der Waals surface area contributed by atoms with E-state index in [9.17, 15) is 0 Å². The Morgan fingerprint density at radius 3 is 2.20 bits per heavy atom. The maximum atomic E-state index is 5.39. The summed E-state index contributed by atoms with van der Waals surface area (Å²) in [6.07, 6.45) is 3.80. The Morgan fingerprint density at radius 1 is 1.05 bits per heavy atom. The smallest absolute Gasteiger partial charge is 0.119 e. The summed E-state index contributed by atoms with van der Waals surface area (Å²) < 4.78 is 5.39. The monoisotopic (exact) mass is 276 g/mol. The highest BCUT2D eigenvalue weighted by atomic mass is 16.5. The zero-order valence-electron chi connectivity index (χ0n) is 14.4. The van der Waals surface area contributed by atoms with E-state index >= 15 is 0 Å². The maximum absolute atomic E-state index is 5.39. The van der Waals surface area contributed by atoms with Crippen molar-refractivity contribution in [3.63, 3.8) is 0 Å². The minimum Gasteiger partial charge on any atom is -0.497 e. The van der Waals surface area contributed by atoms with E-state index in [4.69, 9.17) is 4.74 Å². The molecule has 0 saturated heterocycles. The van der Waals surface area contributed by atoms with Crippen molar-refractivity contribution in [1.29, 1.82) is 0 Å². The second-order valence-corrected chi connectivity index (χ2v) is 7.55. The molecular formula is C19H32O. The predicted octanol–water partition coefficient (Wildman–Crippen LogP) is 5.61. The van der Waals surface area contributed by atoms with E-state index in [1.165, 1.54) is 30.4 Å². The molecule has 0 N–H and O–H groups in total. The number of rotatable bonds is 6. The van der Waals surface area contributed by atoms with Crippen molar-refractivity contribution in [3.8, 4) is 5.75 Å². The van der Waals surface area contributed by atoms with E-state index in [-0.39, 0.29) is 5.41 Å². The third-order valence-electron chi connectivity index (χ3n) is 3.93. The average molecular weight is 276 g/mol. The third-order valence-corrected chi connectivity index (χ3v) is 3.93. The Balaban J connectivity index is 2.88. The van der Waals surface area contributed by atoms with Crippen LogP contribution in [0.1, 0.15) is 65.5 Å². The molecule has 0 aromatic heterocycles. The molecule has 1 unspecified atom stereocenters. The highest BCUT2D eigenvalue weighted by Gasteiger charge is 2.20. The van der Waals surface area contributed by atoms with Gasteiger partial charge in [-0.15, -0.1) is 0 Å². The summed E-state index contributed by atoms with van der Waals surface area (Å²) in [5.74, 6) is 2.51. The topological polar surface area (TPSA) is 9.23 Å². The number of ether oxygens (including phenoxy) is 1. The van der Waals surface area contributed by atoms with Crippen molar-refractivity contribution in [2.45, 2.75) is 66.2 Å². The van der Waals surface area contributed by atoms with Crippen LogP contribution in [-0.2, 0) is 11.8 Å². The van der Waals surface area contributed by atoms with Crippen LogP contribution >= 0.6 is 0 Å². The lowest BCUT2D eigenvalue weighted by Crippen LogP contribution is -2.16. The van der Waals surface area contributed by atoms with Crippen LogP contribution in [0.5, 0.6) is 5.75 Å².